The van der Waals surface area contributed by atoms with E-state index in [1.807, 2.05) is 30.3 Å². The van der Waals surface area contributed by atoms with E-state index >= 15 is 0 Å². The van der Waals surface area contributed by atoms with Crippen molar-refractivity contribution in [2.45, 2.75) is 13.5 Å². The highest BCUT2D eigenvalue weighted by Gasteiger charge is 2.16. The van der Waals surface area contributed by atoms with Crippen LogP contribution >= 0.6 is 11.6 Å². The quantitative estimate of drug-likeness (QED) is 0.499. The van der Waals surface area contributed by atoms with E-state index in [9.17, 15) is 4.79 Å². The number of rotatable bonds is 6. The Balaban J connectivity index is 1.47. The summed E-state index contributed by atoms with van der Waals surface area (Å²) in [6, 6.07) is 14.5. The van der Waals surface area contributed by atoms with Crippen LogP contribution in [0.5, 0.6) is 5.75 Å². The van der Waals surface area contributed by atoms with Gasteiger partial charge in [-0.1, -0.05) is 35.0 Å². The zero-order valence-electron chi connectivity index (χ0n) is 16.3. The number of hydrogen-bond acceptors (Lipinski definition) is 6. The van der Waals surface area contributed by atoms with Crippen molar-refractivity contribution in [1.29, 1.82) is 0 Å². The van der Waals surface area contributed by atoms with Gasteiger partial charge >= 0.3 is 0 Å². The van der Waals surface area contributed by atoms with E-state index in [0.29, 0.717) is 39.7 Å². The molecule has 1 amide bonds. The minimum absolute atomic E-state index is 0.0753. The fraction of sp³-hybridized carbons (Fsp3) is 0.143. The van der Waals surface area contributed by atoms with Gasteiger partial charge < -0.3 is 19.1 Å². The molecule has 0 aliphatic heterocycles. The Morgan fingerprint density at radius 2 is 2.00 bits per heavy atom. The first-order valence-electron chi connectivity index (χ1n) is 9.10. The lowest BCUT2D eigenvalue weighted by atomic mass is 10.2. The Kier molecular flexibility index (Phi) is 5.49. The van der Waals surface area contributed by atoms with Gasteiger partial charge in [0.2, 0.25) is 11.7 Å². The molecule has 0 aliphatic carbocycles. The van der Waals surface area contributed by atoms with Crippen LogP contribution in [-0.2, 0) is 11.3 Å². The van der Waals surface area contributed by atoms with Crippen LogP contribution in [0.1, 0.15) is 5.82 Å². The van der Waals surface area contributed by atoms with Crippen molar-refractivity contribution in [1.82, 2.24) is 19.7 Å². The van der Waals surface area contributed by atoms with Crippen molar-refractivity contribution in [3.8, 4) is 28.7 Å². The lowest BCUT2D eigenvalue weighted by molar-refractivity contribution is -0.116. The number of anilines is 1. The molecule has 2 heterocycles. The van der Waals surface area contributed by atoms with Crippen LogP contribution < -0.4 is 10.1 Å². The normalized spacial score (nSPS) is 10.8. The largest absolute Gasteiger partial charge is 0.495 e. The monoisotopic (exact) mass is 423 g/mol. The number of nitrogens with one attached hydrogen (secondary N) is 1. The molecular formula is C21H18ClN5O3. The van der Waals surface area contributed by atoms with Crippen LogP contribution in [0.25, 0.3) is 23.0 Å². The molecule has 9 heteroatoms. The van der Waals surface area contributed by atoms with Gasteiger partial charge in [-0.3, -0.25) is 4.79 Å². The number of carbonyl (C=O) groups excluding carboxylic acids is 1. The van der Waals surface area contributed by atoms with E-state index in [4.69, 9.17) is 20.9 Å². The van der Waals surface area contributed by atoms with E-state index in [1.165, 1.54) is 7.11 Å². The average Bonchev–Trinajstić information content (AvgIpc) is 3.36. The van der Waals surface area contributed by atoms with E-state index in [-0.39, 0.29) is 12.5 Å². The third-order valence-corrected chi connectivity index (χ3v) is 4.70. The molecule has 0 atom stereocenters. The summed E-state index contributed by atoms with van der Waals surface area (Å²) in [7, 11) is 1.53. The zero-order valence-corrected chi connectivity index (χ0v) is 17.1. The Morgan fingerprint density at radius 1 is 1.20 bits per heavy atom. The van der Waals surface area contributed by atoms with E-state index in [2.05, 4.69) is 20.4 Å². The molecule has 4 rings (SSSR count). The van der Waals surface area contributed by atoms with Crippen LogP contribution in [0, 0.1) is 6.92 Å². The molecule has 0 radical (unpaired) electrons. The first-order chi connectivity index (χ1) is 14.5. The number of nitrogens with zero attached hydrogens (tertiary/aromatic N) is 4. The number of ether oxygens (including phenoxy) is 1. The predicted octanol–water partition coefficient (Wildman–Crippen LogP) is 4.21. The summed E-state index contributed by atoms with van der Waals surface area (Å²) in [6.07, 6.45) is 1.72. The number of aryl methyl sites for hydroxylation is 1. The number of amides is 1. The summed E-state index contributed by atoms with van der Waals surface area (Å²) in [5.74, 6) is 1.74. The first-order valence-corrected chi connectivity index (χ1v) is 9.48. The number of hydrogen-bond donors (Lipinski definition) is 1. The summed E-state index contributed by atoms with van der Waals surface area (Å²) in [5, 5.41) is 7.23. The average molecular weight is 424 g/mol. The molecule has 2 aromatic carbocycles. The second-order valence-corrected chi connectivity index (χ2v) is 6.90. The lowest BCUT2D eigenvalue weighted by Crippen LogP contribution is -2.19. The van der Waals surface area contributed by atoms with E-state index in [0.717, 1.165) is 5.56 Å². The predicted molar refractivity (Wildman–Crippen MR) is 112 cm³/mol. The van der Waals surface area contributed by atoms with Crippen molar-refractivity contribution in [2.24, 2.45) is 0 Å². The third-order valence-electron chi connectivity index (χ3n) is 4.40. The number of halogens is 1. The summed E-state index contributed by atoms with van der Waals surface area (Å²) >= 11 is 6.10. The van der Waals surface area contributed by atoms with Gasteiger partial charge in [0.25, 0.3) is 5.89 Å². The third kappa shape index (κ3) is 4.18. The lowest BCUT2D eigenvalue weighted by Gasteiger charge is -2.09. The molecule has 1 N–H and O–H groups in total. The maximum atomic E-state index is 12.5. The maximum absolute atomic E-state index is 12.5. The molecule has 0 fully saturated rings. The number of methoxy groups -OCH3 is 1. The minimum Gasteiger partial charge on any atom is -0.495 e. The van der Waals surface area contributed by atoms with Gasteiger partial charge in [0.05, 0.1) is 12.1 Å². The number of aromatic nitrogens is 4. The van der Waals surface area contributed by atoms with E-state index < -0.39 is 0 Å². The summed E-state index contributed by atoms with van der Waals surface area (Å²) in [6.45, 7) is 1.88. The Hall–Kier alpha value is -3.65. The molecule has 0 bridgehead atoms. The standard InChI is InChI=1S/C21H18ClN5O3/c1-13-23-17(20-25-21(30-26-20)14-6-4-3-5-7-14)11-27(13)12-19(28)24-15-8-9-18(29-2)16(22)10-15/h3-11H,12H2,1-2H3,(H,24,28). The number of imidazole rings is 1. The van der Waals surface area contributed by atoms with Gasteiger partial charge in [-0.2, -0.15) is 4.98 Å². The van der Waals surface area contributed by atoms with Crippen molar-refractivity contribution >= 4 is 23.2 Å². The summed E-state index contributed by atoms with van der Waals surface area (Å²) < 4.78 is 12.2. The van der Waals surface area contributed by atoms with Crippen molar-refractivity contribution < 1.29 is 14.1 Å². The SMILES string of the molecule is COc1ccc(NC(=O)Cn2cc(-c3noc(-c4ccccc4)n3)nc2C)cc1Cl. The van der Waals surface area contributed by atoms with Crippen molar-refractivity contribution in [3.63, 3.8) is 0 Å². The second-order valence-electron chi connectivity index (χ2n) is 6.49. The van der Waals surface area contributed by atoms with E-state index in [1.54, 1.807) is 35.9 Å². The highest BCUT2D eigenvalue weighted by atomic mass is 35.5. The molecule has 0 spiro atoms. The highest BCUT2D eigenvalue weighted by Crippen LogP contribution is 2.27. The topological polar surface area (TPSA) is 95.1 Å². The van der Waals surface area contributed by atoms with Crippen molar-refractivity contribution in [2.75, 3.05) is 12.4 Å². The van der Waals surface area contributed by atoms with Crippen LogP contribution in [0.15, 0.2) is 59.3 Å². The molecule has 30 heavy (non-hydrogen) atoms. The molecular weight excluding hydrogens is 406 g/mol. The summed E-state index contributed by atoms with van der Waals surface area (Å²) in [5.41, 5.74) is 1.93. The van der Waals surface area contributed by atoms with Crippen LogP contribution in [0.3, 0.4) is 0 Å². The molecule has 0 unspecified atom stereocenters. The molecule has 0 aliphatic rings. The van der Waals surface area contributed by atoms with Gasteiger partial charge in [-0.05, 0) is 37.3 Å². The Labute approximate surface area is 177 Å². The van der Waals surface area contributed by atoms with Gasteiger partial charge in [0, 0.05) is 17.4 Å². The molecule has 4 aromatic rings. The highest BCUT2D eigenvalue weighted by molar-refractivity contribution is 6.32. The smallest absolute Gasteiger partial charge is 0.258 e. The van der Waals surface area contributed by atoms with Crippen LogP contribution in [0.2, 0.25) is 5.02 Å². The zero-order chi connectivity index (χ0) is 21.1. The molecule has 0 saturated heterocycles. The van der Waals surface area contributed by atoms with Gasteiger partial charge in [0.15, 0.2) is 0 Å². The summed E-state index contributed by atoms with van der Waals surface area (Å²) in [4.78, 5) is 21.3. The number of benzene rings is 2. The number of carbonyl (C=O) groups is 1. The fourth-order valence-electron chi connectivity index (χ4n) is 2.90. The van der Waals surface area contributed by atoms with Gasteiger partial charge in [-0.25, -0.2) is 4.98 Å². The van der Waals surface area contributed by atoms with Crippen LogP contribution in [0.4, 0.5) is 5.69 Å². The van der Waals surface area contributed by atoms with Crippen molar-refractivity contribution in [3.05, 3.63) is 65.6 Å². The Morgan fingerprint density at radius 3 is 2.73 bits per heavy atom. The second kappa shape index (κ2) is 8.38. The maximum Gasteiger partial charge on any atom is 0.258 e. The fourth-order valence-corrected chi connectivity index (χ4v) is 3.16. The Bertz CT molecular complexity index is 1190. The molecule has 152 valence electrons. The first kappa shape index (κ1) is 19.7. The molecule has 2 aromatic heterocycles. The molecule has 0 saturated carbocycles. The minimum atomic E-state index is -0.221. The van der Waals surface area contributed by atoms with Gasteiger partial charge in [-0.15, -0.1) is 0 Å². The molecule has 8 nitrogen and oxygen atoms in total. The van der Waals surface area contributed by atoms with Gasteiger partial charge in [0.1, 0.15) is 23.8 Å². The van der Waals surface area contributed by atoms with Crippen LogP contribution in [-0.4, -0.2) is 32.7 Å².